The first-order valence-corrected chi connectivity index (χ1v) is 14.4. The molecule has 2 aromatic rings. The number of ether oxygens (including phenoxy) is 2. The van der Waals surface area contributed by atoms with Crippen LogP contribution in [0.25, 0.3) is 0 Å². The molecule has 3 rings (SSSR count). The lowest BCUT2D eigenvalue weighted by Crippen LogP contribution is -2.49. The van der Waals surface area contributed by atoms with Crippen molar-refractivity contribution < 1.29 is 27.5 Å². The van der Waals surface area contributed by atoms with Gasteiger partial charge in [-0.3, -0.25) is 13.9 Å². The molecule has 0 saturated heterocycles. The van der Waals surface area contributed by atoms with Crippen molar-refractivity contribution in [3.63, 3.8) is 0 Å². The van der Waals surface area contributed by atoms with E-state index in [4.69, 9.17) is 21.1 Å². The van der Waals surface area contributed by atoms with E-state index in [1.165, 1.54) is 9.21 Å². The van der Waals surface area contributed by atoms with Gasteiger partial charge in [-0.2, -0.15) is 0 Å². The maximum atomic E-state index is 13.4. The second kappa shape index (κ2) is 12.5. The lowest BCUT2D eigenvalue weighted by atomic mass is 10.1. The molecule has 0 aliphatic carbocycles. The summed E-state index contributed by atoms with van der Waals surface area (Å²) < 4.78 is 37.0. The molecule has 1 heterocycles. The Labute approximate surface area is 223 Å². The minimum atomic E-state index is -3.62. The predicted octanol–water partition coefficient (Wildman–Crippen LogP) is 3.95. The summed E-state index contributed by atoms with van der Waals surface area (Å²) >= 11 is 6.00. The first kappa shape index (κ1) is 28.6. The first-order valence-electron chi connectivity index (χ1n) is 12.2. The minimum absolute atomic E-state index is 0.0209. The van der Waals surface area contributed by atoms with Crippen molar-refractivity contribution in [1.82, 2.24) is 10.2 Å². The average molecular weight is 552 g/mol. The Bertz CT molecular complexity index is 1210. The number of rotatable bonds is 12. The van der Waals surface area contributed by atoms with Crippen molar-refractivity contribution >= 4 is 39.1 Å². The van der Waals surface area contributed by atoms with Gasteiger partial charge in [-0.25, -0.2) is 8.42 Å². The van der Waals surface area contributed by atoms with Crippen LogP contribution in [0.5, 0.6) is 11.5 Å². The molecule has 202 valence electrons. The van der Waals surface area contributed by atoms with Gasteiger partial charge in [0, 0.05) is 36.6 Å². The van der Waals surface area contributed by atoms with Crippen LogP contribution < -0.4 is 19.1 Å². The third-order valence-corrected chi connectivity index (χ3v) is 7.68. The number of halogens is 1. The number of nitrogens with one attached hydrogen (secondary N) is 1. The fourth-order valence-electron chi connectivity index (χ4n) is 3.88. The number of sulfonamides is 1. The van der Waals surface area contributed by atoms with E-state index in [1.54, 1.807) is 37.3 Å². The Morgan fingerprint density at radius 1 is 1.08 bits per heavy atom. The van der Waals surface area contributed by atoms with Gasteiger partial charge in [-0.15, -0.1) is 0 Å². The van der Waals surface area contributed by atoms with E-state index in [1.807, 2.05) is 26.0 Å². The number of nitrogens with zero attached hydrogens (tertiary/aromatic N) is 2. The number of amides is 2. The summed E-state index contributed by atoms with van der Waals surface area (Å²) in [6.07, 6.45) is 2.21. The summed E-state index contributed by atoms with van der Waals surface area (Å²) in [5, 5.41) is 3.51. The summed E-state index contributed by atoms with van der Waals surface area (Å²) in [5.41, 5.74) is 1.26. The molecule has 9 nitrogen and oxygen atoms in total. The number of hydrogen-bond acceptors (Lipinski definition) is 6. The van der Waals surface area contributed by atoms with Crippen LogP contribution in [-0.4, -0.2) is 56.8 Å². The molecule has 2 aromatic carbocycles. The largest absolute Gasteiger partial charge is 0.454 e. The molecule has 1 aliphatic rings. The normalized spacial score (nSPS) is 14.1. The minimum Gasteiger partial charge on any atom is -0.454 e. The van der Waals surface area contributed by atoms with Crippen LogP contribution in [0.2, 0.25) is 5.02 Å². The molecule has 1 aliphatic heterocycles. The fraction of sp³-hybridized carbons (Fsp3) is 0.462. The van der Waals surface area contributed by atoms with Crippen LogP contribution in [0.15, 0.2) is 42.5 Å². The average Bonchev–Trinajstić information content (AvgIpc) is 3.32. The van der Waals surface area contributed by atoms with E-state index in [0.717, 1.165) is 18.2 Å². The molecule has 0 saturated carbocycles. The van der Waals surface area contributed by atoms with E-state index >= 15 is 0 Å². The van der Waals surface area contributed by atoms with Crippen LogP contribution >= 0.6 is 11.6 Å². The molecule has 0 fully saturated rings. The highest BCUT2D eigenvalue weighted by molar-refractivity contribution is 7.92. The van der Waals surface area contributed by atoms with Crippen LogP contribution in [0, 0.1) is 0 Å². The zero-order valence-electron chi connectivity index (χ0n) is 21.6. The summed E-state index contributed by atoms with van der Waals surface area (Å²) in [4.78, 5) is 27.7. The maximum Gasteiger partial charge on any atom is 0.242 e. The molecule has 0 spiro atoms. The van der Waals surface area contributed by atoms with Crippen molar-refractivity contribution in [2.75, 3.05) is 23.9 Å². The third-order valence-electron chi connectivity index (χ3n) is 6.23. The van der Waals surface area contributed by atoms with Crippen molar-refractivity contribution in [2.45, 2.75) is 58.7 Å². The van der Waals surface area contributed by atoms with Gasteiger partial charge >= 0.3 is 0 Å². The third kappa shape index (κ3) is 7.75. The Morgan fingerprint density at radius 2 is 1.76 bits per heavy atom. The van der Waals surface area contributed by atoms with E-state index in [0.29, 0.717) is 22.2 Å². The number of carbonyl (C=O) groups is 2. The molecule has 0 radical (unpaired) electrons. The zero-order chi connectivity index (χ0) is 27.2. The molecular formula is C26H34ClN3O6S. The molecule has 2 atom stereocenters. The van der Waals surface area contributed by atoms with Gasteiger partial charge < -0.3 is 19.7 Å². The standard InChI is InChI=1S/C26H34ClN3O6S/c1-5-18(2)28-26(32)19(3)29(16-20-8-10-21(27)11-9-20)25(31)7-6-14-30(37(4,33)34)22-12-13-23-24(15-22)36-17-35-23/h8-13,15,18-19H,5-7,14,16-17H2,1-4H3,(H,28,32)/t18-,19-/m1/s1. The zero-order valence-corrected chi connectivity index (χ0v) is 23.1. The second-order valence-electron chi connectivity index (χ2n) is 9.12. The first-order chi connectivity index (χ1) is 17.5. The Hall–Kier alpha value is -2.98. The van der Waals surface area contributed by atoms with Gasteiger partial charge in [-0.1, -0.05) is 30.7 Å². The number of hydrogen-bond donors (Lipinski definition) is 1. The SMILES string of the molecule is CC[C@@H](C)NC(=O)[C@@H](C)N(Cc1ccc(Cl)cc1)C(=O)CCCN(c1ccc2c(c1)OCO2)S(C)(=O)=O. The van der Waals surface area contributed by atoms with E-state index < -0.39 is 16.1 Å². The molecular weight excluding hydrogens is 518 g/mol. The topological polar surface area (TPSA) is 105 Å². The quantitative estimate of drug-likeness (QED) is 0.428. The Kier molecular flexibility index (Phi) is 9.67. The van der Waals surface area contributed by atoms with Gasteiger partial charge in [0.2, 0.25) is 28.6 Å². The predicted molar refractivity (Wildman–Crippen MR) is 143 cm³/mol. The molecule has 11 heteroatoms. The van der Waals surface area contributed by atoms with Gasteiger partial charge in [0.15, 0.2) is 11.5 Å². The van der Waals surface area contributed by atoms with Crippen LogP contribution in [0.3, 0.4) is 0 Å². The fourth-order valence-corrected chi connectivity index (χ4v) is 4.96. The Morgan fingerprint density at radius 3 is 2.41 bits per heavy atom. The van der Waals surface area contributed by atoms with E-state index in [9.17, 15) is 18.0 Å². The van der Waals surface area contributed by atoms with Crippen molar-refractivity contribution in [1.29, 1.82) is 0 Å². The van der Waals surface area contributed by atoms with Gasteiger partial charge in [0.25, 0.3) is 0 Å². The van der Waals surface area contributed by atoms with Crippen LogP contribution in [0.1, 0.15) is 45.6 Å². The van der Waals surface area contributed by atoms with Crippen LogP contribution in [-0.2, 0) is 26.2 Å². The number of fused-ring (bicyclic) bond motifs is 1. The summed E-state index contributed by atoms with van der Waals surface area (Å²) in [5.74, 6) is 0.531. The highest BCUT2D eigenvalue weighted by atomic mass is 35.5. The second-order valence-corrected chi connectivity index (χ2v) is 11.5. The van der Waals surface area contributed by atoms with E-state index in [2.05, 4.69) is 5.32 Å². The number of carbonyl (C=O) groups excluding carboxylic acids is 2. The molecule has 0 bridgehead atoms. The smallest absolute Gasteiger partial charge is 0.242 e. The molecule has 37 heavy (non-hydrogen) atoms. The van der Waals surface area contributed by atoms with Gasteiger partial charge in [0.1, 0.15) is 6.04 Å². The Balaban J connectivity index is 1.72. The number of anilines is 1. The maximum absolute atomic E-state index is 13.4. The van der Waals surface area contributed by atoms with Crippen molar-refractivity contribution in [2.24, 2.45) is 0 Å². The summed E-state index contributed by atoms with van der Waals surface area (Å²) in [6.45, 7) is 5.97. The lowest BCUT2D eigenvalue weighted by molar-refractivity contribution is -0.140. The van der Waals surface area contributed by atoms with E-state index in [-0.39, 0.29) is 50.6 Å². The van der Waals surface area contributed by atoms with Gasteiger partial charge in [0.05, 0.1) is 11.9 Å². The van der Waals surface area contributed by atoms with Gasteiger partial charge in [-0.05, 0) is 56.5 Å². The lowest BCUT2D eigenvalue weighted by Gasteiger charge is -2.30. The highest BCUT2D eigenvalue weighted by Crippen LogP contribution is 2.36. The summed E-state index contributed by atoms with van der Waals surface area (Å²) in [6, 6.07) is 11.3. The van der Waals surface area contributed by atoms with Crippen molar-refractivity contribution in [3.05, 3.63) is 53.1 Å². The molecule has 1 N–H and O–H groups in total. The van der Waals surface area contributed by atoms with Crippen LogP contribution in [0.4, 0.5) is 5.69 Å². The molecule has 0 aromatic heterocycles. The summed E-state index contributed by atoms with van der Waals surface area (Å²) in [7, 11) is -3.62. The molecule has 2 amide bonds. The number of benzene rings is 2. The monoisotopic (exact) mass is 551 g/mol. The molecule has 0 unspecified atom stereocenters. The highest BCUT2D eigenvalue weighted by Gasteiger charge is 2.27. The van der Waals surface area contributed by atoms with Crippen molar-refractivity contribution in [3.8, 4) is 11.5 Å².